The molecule has 1 saturated heterocycles. The van der Waals surface area contributed by atoms with E-state index < -0.39 is 0 Å². The minimum absolute atomic E-state index is 0.0460. The molecular weight excluding hydrogens is 416 g/mol. The molecule has 0 saturated carbocycles. The average molecular weight is 433 g/mol. The highest BCUT2D eigenvalue weighted by molar-refractivity contribution is 9.10. The van der Waals surface area contributed by atoms with Gasteiger partial charge < -0.3 is 4.90 Å². The van der Waals surface area contributed by atoms with Crippen LogP contribution in [0, 0.1) is 0 Å². The Kier molecular flexibility index (Phi) is 4.88. The number of rotatable bonds is 3. The molecule has 0 N–H and O–H groups in total. The number of fused-ring (bicyclic) bond motifs is 1. The van der Waals surface area contributed by atoms with Crippen molar-refractivity contribution in [1.29, 1.82) is 0 Å². The van der Waals surface area contributed by atoms with Crippen molar-refractivity contribution in [3.8, 4) is 0 Å². The lowest BCUT2D eigenvalue weighted by Gasteiger charge is -2.34. The van der Waals surface area contributed by atoms with Crippen LogP contribution < -0.4 is 5.56 Å². The molecule has 3 aromatic rings. The van der Waals surface area contributed by atoms with E-state index in [2.05, 4.69) is 25.8 Å². The maximum Gasteiger partial charge on any atom is 0.258 e. The number of carbonyl (C=O) groups is 1. The van der Waals surface area contributed by atoms with Gasteiger partial charge in [-0.3, -0.25) is 18.9 Å². The van der Waals surface area contributed by atoms with Gasteiger partial charge in [0.2, 0.25) is 0 Å². The summed E-state index contributed by atoms with van der Waals surface area (Å²) in [5, 5.41) is 1.86. The molecule has 4 rings (SSSR count). The maximum absolute atomic E-state index is 12.6. The highest BCUT2D eigenvalue weighted by Crippen LogP contribution is 2.15. The van der Waals surface area contributed by atoms with Crippen molar-refractivity contribution in [3.63, 3.8) is 0 Å². The predicted octanol–water partition coefficient (Wildman–Crippen LogP) is 2.48. The smallest absolute Gasteiger partial charge is 0.258 e. The van der Waals surface area contributed by atoms with Crippen LogP contribution >= 0.6 is 27.3 Å². The number of amides is 1. The standard InChI is InChI=1S/C18H17BrN4O2S/c19-14-3-1-13(2-4-14)17(25)22-7-5-21(6-8-22)12-15-11-16(24)23-9-10-26-18(23)20-15/h1-4,9-11H,5-8,12H2. The molecule has 1 amide bonds. The van der Waals surface area contributed by atoms with Crippen LogP contribution in [0.5, 0.6) is 0 Å². The zero-order chi connectivity index (χ0) is 18.1. The molecule has 8 heteroatoms. The van der Waals surface area contributed by atoms with E-state index in [1.54, 1.807) is 16.7 Å². The predicted molar refractivity (Wildman–Crippen MR) is 105 cm³/mol. The Bertz CT molecular complexity index is 990. The van der Waals surface area contributed by atoms with Gasteiger partial charge in [0.25, 0.3) is 11.5 Å². The van der Waals surface area contributed by atoms with Gasteiger partial charge in [0.15, 0.2) is 4.96 Å². The number of aromatic nitrogens is 2. The Labute approximate surface area is 162 Å². The first-order valence-electron chi connectivity index (χ1n) is 8.33. The van der Waals surface area contributed by atoms with Gasteiger partial charge in [0, 0.05) is 60.4 Å². The third kappa shape index (κ3) is 3.58. The first kappa shape index (κ1) is 17.4. The number of halogens is 1. The topological polar surface area (TPSA) is 57.9 Å². The molecule has 0 spiro atoms. The van der Waals surface area contributed by atoms with Crippen molar-refractivity contribution in [1.82, 2.24) is 19.2 Å². The summed E-state index contributed by atoms with van der Waals surface area (Å²) >= 11 is 4.84. The number of thiazole rings is 1. The van der Waals surface area contributed by atoms with Gasteiger partial charge in [0.1, 0.15) is 0 Å². The summed E-state index contributed by atoms with van der Waals surface area (Å²) < 4.78 is 2.52. The van der Waals surface area contributed by atoms with E-state index in [4.69, 9.17) is 0 Å². The summed E-state index contributed by atoms with van der Waals surface area (Å²) in [6.07, 6.45) is 1.74. The molecule has 134 valence electrons. The molecule has 26 heavy (non-hydrogen) atoms. The minimum atomic E-state index is -0.0460. The number of hydrogen-bond acceptors (Lipinski definition) is 5. The second-order valence-corrected chi connectivity index (χ2v) is 8.01. The lowest BCUT2D eigenvalue weighted by Crippen LogP contribution is -2.48. The normalized spacial score (nSPS) is 15.5. The molecule has 6 nitrogen and oxygen atoms in total. The van der Waals surface area contributed by atoms with Gasteiger partial charge in [-0.25, -0.2) is 4.98 Å². The number of hydrogen-bond donors (Lipinski definition) is 0. The zero-order valence-corrected chi connectivity index (χ0v) is 16.4. The zero-order valence-electron chi connectivity index (χ0n) is 14.0. The molecule has 3 heterocycles. The number of carbonyl (C=O) groups excluding carboxylic acids is 1. The summed E-state index contributed by atoms with van der Waals surface area (Å²) in [5.41, 5.74) is 1.44. The third-order valence-electron chi connectivity index (χ3n) is 4.49. The molecule has 1 aliphatic rings. The first-order chi connectivity index (χ1) is 12.6. The number of nitrogens with zero attached hydrogens (tertiary/aromatic N) is 4. The fourth-order valence-corrected chi connectivity index (χ4v) is 4.09. The van der Waals surface area contributed by atoms with Crippen LogP contribution in [0.4, 0.5) is 0 Å². The van der Waals surface area contributed by atoms with Crippen LogP contribution in [0.1, 0.15) is 16.1 Å². The summed E-state index contributed by atoms with van der Waals surface area (Å²) in [5.74, 6) is 0.0634. The van der Waals surface area contributed by atoms with Crippen molar-refractivity contribution in [2.45, 2.75) is 6.54 Å². The van der Waals surface area contributed by atoms with Crippen molar-refractivity contribution in [2.75, 3.05) is 26.2 Å². The minimum Gasteiger partial charge on any atom is -0.336 e. The highest BCUT2D eigenvalue weighted by Gasteiger charge is 2.22. The molecule has 0 radical (unpaired) electrons. The monoisotopic (exact) mass is 432 g/mol. The van der Waals surface area contributed by atoms with Crippen LogP contribution in [-0.2, 0) is 6.54 Å². The van der Waals surface area contributed by atoms with Gasteiger partial charge >= 0.3 is 0 Å². The van der Waals surface area contributed by atoms with Gasteiger partial charge in [-0.05, 0) is 24.3 Å². The molecule has 1 fully saturated rings. The quantitative estimate of drug-likeness (QED) is 0.637. The van der Waals surface area contributed by atoms with Crippen LogP contribution in [0.3, 0.4) is 0 Å². The van der Waals surface area contributed by atoms with Crippen molar-refractivity contribution >= 4 is 38.1 Å². The van der Waals surface area contributed by atoms with Gasteiger partial charge in [-0.15, -0.1) is 11.3 Å². The summed E-state index contributed by atoms with van der Waals surface area (Å²) in [7, 11) is 0. The molecule has 0 atom stereocenters. The number of benzene rings is 1. The SMILES string of the molecule is O=C(c1ccc(Br)cc1)N1CCN(Cc2cc(=O)n3ccsc3n2)CC1. The summed E-state index contributed by atoms with van der Waals surface area (Å²) in [6.45, 7) is 3.52. The van der Waals surface area contributed by atoms with Crippen molar-refractivity contribution in [3.05, 3.63) is 68.0 Å². The second kappa shape index (κ2) is 7.30. The summed E-state index contributed by atoms with van der Waals surface area (Å²) in [6, 6.07) is 9.04. The Morgan fingerprint density at radius 2 is 1.88 bits per heavy atom. The molecule has 0 unspecified atom stereocenters. The Hall–Kier alpha value is -2.03. The lowest BCUT2D eigenvalue weighted by atomic mass is 10.2. The largest absolute Gasteiger partial charge is 0.336 e. The van der Waals surface area contributed by atoms with Gasteiger partial charge in [0.05, 0.1) is 5.69 Å². The fraction of sp³-hybridized carbons (Fsp3) is 0.278. The van der Waals surface area contributed by atoms with Crippen molar-refractivity contribution < 1.29 is 4.79 Å². The highest BCUT2D eigenvalue weighted by atomic mass is 79.9. The lowest BCUT2D eigenvalue weighted by molar-refractivity contribution is 0.0627. The Balaban J connectivity index is 1.39. The third-order valence-corrected chi connectivity index (χ3v) is 5.78. The number of piperazine rings is 1. The Morgan fingerprint density at radius 3 is 2.62 bits per heavy atom. The Morgan fingerprint density at radius 1 is 1.15 bits per heavy atom. The molecule has 1 aliphatic heterocycles. The molecular formula is C18H17BrN4O2S. The van der Waals surface area contributed by atoms with Crippen molar-refractivity contribution in [2.24, 2.45) is 0 Å². The molecule has 0 aliphatic carbocycles. The second-order valence-electron chi connectivity index (χ2n) is 6.22. The van der Waals surface area contributed by atoms with Crippen LogP contribution in [0.15, 0.2) is 51.2 Å². The molecule has 1 aromatic carbocycles. The van der Waals surface area contributed by atoms with Crippen LogP contribution in [-0.4, -0.2) is 51.3 Å². The summed E-state index contributed by atoms with van der Waals surface area (Å²) in [4.78, 5) is 34.0. The van der Waals surface area contributed by atoms with Gasteiger partial charge in [-0.2, -0.15) is 0 Å². The van der Waals surface area contributed by atoms with E-state index in [1.807, 2.05) is 34.5 Å². The van der Waals surface area contributed by atoms with E-state index in [0.29, 0.717) is 25.2 Å². The van der Waals surface area contributed by atoms with Crippen LogP contribution in [0.25, 0.3) is 4.96 Å². The van der Waals surface area contributed by atoms with E-state index >= 15 is 0 Å². The molecule has 0 bridgehead atoms. The van der Waals surface area contributed by atoms with E-state index in [1.165, 1.54) is 11.3 Å². The molecule has 2 aromatic heterocycles. The average Bonchev–Trinajstić information content (AvgIpc) is 3.12. The van der Waals surface area contributed by atoms with E-state index in [9.17, 15) is 9.59 Å². The van der Waals surface area contributed by atoms with Crippen LogP contribution in [0.2, 0.25) is 0 Å². The van der Waals surface area contributed by atoms with Gasteiger partial charge in [-0.1, -0.05) is 15.9 Å². The van der Waals surface area contributed by atoms with E-state index in [-0.39, 0.29) is 11.5 Å². The maximum atomic E-state index is 12.6. The first-order valence-corrected chi connectivity index (χ1v) is 10.0. The fourth-order valence-electron chi connectivity index (χ4n) is 3.08. The van der Waals surface area contributed by atoms with E-state index in [0.717, 1.165) is 28.2 Å².